The molecule has 0 spiro atoms. The molecule has 3 atom stereocenters. The highest BCUT2D eigenvalue weighted by Gasteiger charge is 2.48. The first-order valence-corrected chi connectivity index (χ1v) is 9.31. The highest BCUT2D eigenvalue weighted by Crippen LogP contribution is 2.42. The number of fused-ring (bicyclic) bond motifs is 3. The van der Waals surface area contributed by atoms with E-state index in [-0.39, 0.29) is 17.7 Å². The predicted molar refractivity (Wildman–Crippen MR) is 97.3 cm³/mol. The van der Waals surface area contributed by atoms with Crippen LogP contribution in [-0.4, -0.2) is 38.3 Å². The number of hydrogen-bond acceptors (Lipinski definition) is 4. The number of aliphatic hydroxyl groups is 1. The van der Waals surface area contributed by atoms with E-state index in [4.69, 9.17) is 4.98 Å². The van der Waals surface area contributed by atoms with Crippen LogP contribution in [0, 0.1) is 11.8 Å². The summed E-state index contributed by atoms with van der Waals surface area (Å²) in [5.41, 5.74) is 2.36. The first-order valence-electron chi connectivity index (χ1n) is 9.31. The van der Waals surface area contributed by atoms with Crippen molar-refractivity contribution in [3.63, 3.8) is 0 Å². The molecule has 1 aromatic carbocycles. The maximum Gasteiger partial charge on any atom is 0.116 e. The number of rotatable bonds is 2. The Morgan fingerprint density at radius 3 is 2.92 bits per heavy atom. The molecule has 4 nitrogen and oxygen atoms in total. The highest BCUT2D eigenvalue weighted by atomic mass is 16.3. The molecule has 0 radical (unpaired) electrons. The predicted octanol–water partition coefficient (Wildman–Crippen LogP) is 3.01. The van der Waals surface area contributed by atoms with Gasteiger partial charge < -0.3 is 15.1 Å². The first-order chi connectivity index (χ1) is 12.0. The standard InChI is InChI=1S/C21H24N2O2/c1-13-21(25)11-16-8-15-9-18(24)4-5-19(15)22-20(16)10-17(21)6-7-23(13)12-14-2-3-14/h4-9,13-14,17,24-25H,2-3,10-12H2,1H3/t13-,17?,21?/m1/s1. The average Bonchev–Trinajstić information content (AvgIpc) is 3.39. The van der Waals surface area contributed by atoms with Gasteiger partial charge in [-0.05, 0) is 68.1 Å². The summed E-state index contributed by atoms with van der Waals surface area (Å²) >= 11 is 0. The third-order valence-electron chi connectivity index (χ3n) is 6.39. The van der Waals surface area contributed by atoms with E-state index in [1.54, 1.807) is 12.1 Å². The summed E-state index contributed by atoms with van der Waals surface area (Å²) in [4.78, 5) is 7.14. The second-order valence-corrected chi connectivity index (χ2v) is 8.11. The van der Waals surface area contributed by atoms with E-state index in [0.29, 0.717) is 6.42 Å². The Morgan fingerprint density at radius 1 is 1.28 bits per heavy atom. The minimum Gasteiger partial charge on any atom is -0.508 e. The lowest BCUT2D eigenvalue weighted by molar-refractivity contribution is -0.0749. The molecule has 5 rings (SSSR count). The molecule has 2 unspecified atom stereocenters. The molecule has 4 heteroatoms. The normalized spacial score (nSPS) is 31.0. The van der Waals surface area contributed by atoms with Gasteiger partial charge in [0, 0.05) is 30.0 Å². The van der Waals surface area contributed by atoms with Crippen LogP contribution in [0.1, 0.15) is 31.0 Å². The monoisotopic (exact) mass is 336 g/mol. The van der Waals surface area contributed by atoms with Gasteiger partial charge in [0.15, 0.2) is 0 Å². The summed E-state index contributed by atoms with van der Waals surface area (Å²) in [5.74, 6) is 1.18. The Morgan fingerprint density at radius 2 is 2.12 bits per heavy atom. The van der Waals surface area contributed by atoms with Crippen molar-refractivity contribution in [3.8, 4) is 5.75 Å². The first kappa shape index (κ1) is 15.2. The van der Waals surface area contributed by atoms with Gasteiger partial charge in [-0.25, -0.2) is 0 Å². The Labute approximate surface area is 147 Å². The molecule has 1 aliphatic heterocycles. The van der Waals surface area contributed by atoms with Gasteiger partial charge in [0.25, 0.3) is 0 Å². The van der Waals surface area contributed by atoms with Crippen molar-refractivity contribution in [1.29, 1.82) is 0 Å². The van der Waals surface area contributed by atoms with Crippen LogP contribution in [0.3, 0.4) is 0 Å². The number of pyridine rings is 1. The third kappa shape index (κ3) is 2.43. The van der Waals surface area contributed by atoms with Crippen molar-refractivity contribution in [3.05, 3.63) is 47.8 Å². The van der Waals surface area contributed by atoms with Crippen LogP contribution in [0.25, 0.3) is 10.9 Å². The molecule has 25 heavy (non-hydrogen) atoms. The molecule has 2 N–H and O–H groups in total. The van der Waals surface area contributed by atoms with Gasteiger partial charge in [-0.3, -0.25) is 4.98 Å². The molecule has 3 aliphatic rings. The molecule has 2 aliphatic carbocycles. The zero-order valence-electron chi connectivity index (χ0n) is 14.5. The fourth-order valence-electron chi connectivity index (χ4n) is 4.54. The number of aromatic nitrogens is 1. The molecule has 1 fully saturated rings. The number of phenols is 1. The number of aromatic hydroxyl groups is 1. The maximum atomic E-state index is 11.6. The van der Waals surface area contributed by atoms with E-state index >= 15 is 0 Å². The van der Waals surface area contributed by atoms with E-state index < -0.39 is 5.60 Å². The lowest BCUT2D eigenvalue weighted by Gasteiger charge is -2.50. The number of phenolic OH excluding ortho intramolecular Hbond substituents is 1. The maximum absolute atomic E-state index is 11.6. The van der Waals surface area contributed by atoms with Crippen LogP contribution in [0.4, 0.5) is 0 Å². The lowest BCUT2D eigenvalue weighted by Crippen LogP contribution is -2.59. The molecule has 0 amide bonds. The minimum atomic E-state index is -0.747. The summed E-state index contributed by atoms with van der Waals surface area (Å²) in [5, 5.41) is 22.3. The van der Waals surface area contributed by atoms with Gasteiger partial charge in [-0.1, -0.05) is 6.08 Å². The van der Waals surface area contributed by atoms with Crippen LogP contribution in [0.15, 0.2) is 36.5 Å². The highest BCUT2D eigenvalue weighted by molar-refractivity contribution is 5.81. The van der Waals surface area contributed by atoms with Gasteiger partial charge in [0.05, 0.1) is 17.2 Å². The second-order valence-electron chi connectivity index (χ2n) is 8.11. The number of benzene rings is 1. The molecule has 2 aromatic rings. The minimum absolute atomic E-state index is 0.108. The van der Waals surface area contributed by atoms with Gasteiger partial charge in [-0.2, -0.15) is 0 Å². The van der Waals surface area contributed by atoms with Gasteiger partial charge >= 0.3 is 0 Å². The number of hydrogen-bond donors (Lipinski definition) is 2. The largest absolute Gasteiger partial charge is 0.508 e. The van der Waals surface area contributed by atoms with E-state index in [1.807, 2.05) is 6.07 Å². The second kappa shape index (κ2) is 5.21. The quantitative estimate of drug-likeness (QED) is 0.885. The third-order valence-corrected chi connectivity index (χ3v) is 6.39. The summed E-state index contributed by atoms with van der Waals surface area (Å²) in [6.45, 7) is 3.22. The summed E-state index contributed by atoms with van der Waals surface area (Å²) < 4.78 is 0. The molecular formula is C21H24N2O2. The molecular weight excluding hydrogens is 312 g/mol. The molecule has 130 valence electrons. The van der Waals surface area contributed by atoms with Gasteiger partial charge in [0.1, 0.15) is 5.75 Å². The summed E-state index contributed by atoms with van der Waals surface area (Å²) in [6, 6.07) is 7.50. The smallest absolute Gasteiger partial charge is 0.116 e. The van der Waals surface area contributed by atoms with Crippen molar-refractivity contribution in [2.24, 2.45) is 11.8 Å². The number of nitrogens with zero attached hydrogens (tertiary/aromatic N) is 2. The van der Waals surface area contributed by atoms with Crippen LogP contribution < -0.4 is 0 Å². The van der Waals surface area contributed by atoms with Crippen molar-refractivity contribution in [2.75, 3.05) is 6.54 Å². The van der Waals surface area contributed by atoms with Crippen LogP contribution in [-0.2, 0) is 12.8 Å². The van der Waals surface area contributed by atoms with Crippen molar-refractivity contribution in [1.82, 2.24) is 9.88 Å². The van der Waals surface area contributed by atoms with Crippen LogP contribution in [0.5, 0.6) is 5.75 Å². The zero-order valence-corrected chi connectivity index (χ0v) is 14.5. The van der Waals surface area contributed by atoms with E-state index in [2.05, 4.69) is 30.2 Å². The SMILES string of the molecule is C[C@H]1N(CC2CC2)C=CC2Cc3nc4ccc(O)cc4cc3CC21O. The molecule has 0 saturated heterocycles. The summed E-state index contributed by atoms with van der Waals surface area (Å²) in [6.07, 6.45) is 8.43. The molecule has 0 bridgehead atoms. The van der Waals surface area contributed by atoms with E-state index in [9.17, 15) is 10.2 Å². The average molecular weight is 336 g/mol. The van der Waals surface area contributed by atoms with Crippen LogP contribution in [0.2, 0.25) is 0 Å². The van der Waals surface area contributed by atoms with Crippen molar-refractivity contribution >= 4 is 10.9 Å². The Hall–Kier alpha value is -2.07. The summed E-state index contributed by atoms with van der Waals surface area (Å²) in [7, 11) is 0. The Balaban J connectivity index is 1.53. The zero-order chi connectivity index (χ0) is 17.2. The fraction of sp³-hybridized carbons (Fsp3) is 0.476. The van der Waals surface area contributed by atoms with E-state index in [0.717, 1.165) is 41.0 Å². The van der Waals surface area contributed by atoms with Crippen molar-refractivity contribution in [2.45, 2.75) is 44.2 Å². The van der Waals surface area contributed by atoms with E-state index in [1.165, 1.54) is 12.8 Å². The Kier molecular flexibility index (Phi) is 3.17. The lowest BCUT2D eigenvalue weighted by atomic mass is 9.68. The Bertz CT molecular complexity index is 874. The van der Waals surface area contributed by atoms with Gasteiger partial charge in [0.2, 0.25) is 0 Å². The molecule has 1 aromatic heterocycles. The fourth-order valence-corrected chi connectivity index (χ4v) is 4.54. The van der Waals surface area contributed by atoms with Crippen molar-refractivity contribution < 1.29 is 10.2 Å². The molecule has 1 saturated carbocycles. The van der Waals surface area contributed by atoms with Gasteiger partial charge in [-0.15, -0.1) is 0 Å². The topological polar surface area (TPSA) is 56.6 Å². The van der Waals surface area contributed by atoms with Crippen LogP contribution >= 0.6 is 0 Å². The molecule has 2 heterocycles.